The smallest absolute Gasteiger partial charge is 0.337 e. The van der Waals surface area contributed by atoms with Crippen LogP contribution in [0.15, 0.2) is 30.6 Å². The van der Waals surface area contributed by atoms with Gasteiger partial charge in [-0.1, -0.05) is 0 Å². The number of rotatable bonds is 5. The van der Waals surface area contributed by atoms with Crippen LogP contribution in [0.25, 0.3) is 22.5 Å². The highest BCUT2D eigenvalue weighted by atomic mass is 16.4. The Kier molecular flexibility index (Phi) is 4.76. The van der Waals surface area contributed by atoms with Crippen molar-refractivity contribution in [3.8, 4) is 22.5 Å². The van der Waals surface area contributed by atoms with E-state index < -0.39 is 5.97 Å². The van der Waals surface area contributed by atoms with Gasteiger partial charge in [0.05, 0.1) is 17.0 Å². The molecule has 3 aromatic rings. The maximum Gasteiger partial charge on any atom is 0.337 e. The first-order valence-electron chi connectivity index (χ1n) is 12.0. The summed E-state index contributed by atoms with van der Waals surface area (Å²) in [6, 6.07) is 6.24. The van der Waals surface area contributed by atoms with Gasteiger partial charge in [0.15, 0.2) is 0 Å². The molecule has 0 unspecified atom stereocenters. The second-order valence-electron chi connectivity index (χ2n) is 9.86. The molecule has 4 heterocycles. The zero-order valence-corrected chi connectivity index (χ0v) is 18.7. The first-order valence-corrected chi connectivity index (χ1v) is 12.0. The number of hydrogen-bond donors (Lipinski definition) is 3. The Hall–Kier alpha value is -3.19. The van der Waals surface area contributed by atoms with Crippen LogP contribution in [0.5, 0.6) is 0 Å². The zero-order chi connectivity index (χ0) is 22.6. The van der Waals surface area contributed by atoms with Crippen LogP contribution in [-0.2, 0) is 19.3 Å². The summed E-state index contributed by atoms with van der Waals surface area (Å²) in [5.41, 5.74) is 13.0. The largest absolute Gasteiger partial charge is 0.478 e. The molecule has 2 aliphatic carbocycles. The number of aryl methyl sites for hydroxylation is 1. The standard InChI is InChI=1S/C26H29N5O2/c27-26(8-9-26)13-21-23(25(32)33)18-6-4-16-14-28-20(12-19(16)24(18)30-21)17-5-7-22(29-15-17)31-10-2-1-3-11-31/h5,7,12,14-15,30H,1-4,6,8-11,13,27H2,(H,32,33). The fourth-order valence-corrected chi connectivity index (χ4v) is 5.34. The number of nitrogens with two attached hydrogens (primary N) is 1. The van der Waals surface area contributed by atoms with Crippen LogP contribution in [0.3, 0.4) is 0 Å². The second kappa shape index (κ2) is 7.70. The van der Waals surface area contributed by atoms with Crippen molar-refractivity contribution in [2.24, 2.45) is 5.73 Å². The molecule has 0 spiro atoms. The number of carbonyl (C=O) groups is 1. The Bertz CT molecular complexity index is 1220. The Morgan fingerprint density at radius 1 is 1.12 bits per heavy atom. The van der Waals surface area contributed by atoms with Crippen LogP contribution in [0, 0.1) is 0 Å². The van der Waals surface area contributed by atoms with E-state index in [1.54, 1.807) is 0 Å². The van der Waals surface area contributed by atoms with E-state index in [9.17, 15) is 9.90 Å². The topological polar surface area (TPSA) is 108 Å². The van der Waals surface area contributed by atoms with Crippen molar-refractivity contribution >= 4 is 11.8 Å². The zero-order valence-electron chi connectivity index (χ0n) is 18.7. The first kappa shape index (κ1) is 20.4. The minimum atomic E-state index is -0.873. The number of anilines is 1. The Morgan fingerprint density at radius 3 is 2.64 bits per heavy atom. The summed E-state index contributed by atoms with van der Waals surface area (Å²) in [5.74, 6) is 0.150. The lowest BCUT2D eigenvalue weighted by molar-refractivity contribution is 0.0694. The van der Waals surface area contributed by atoms with Crippen molar-refractivity contribution in [2.45, 2.75) is 56.9 Å². The van der Waals surface area contributed by atoms with E-state index >= 15 is 0 Å². The molecule has 0 atom stereocenters. The van der Waals surface area contributed by atoms with Crippen molar-refractivity contribution in [1.82, 2.24) is 15.0 Å². The highest BCUT2D eigenvalue weighted by molar-refractivity contribution is 5.95. The molecule has 0 radical (unpaired) electrons. The predicted molar refractivity (Wildman–Crippen MR) is 128 cm³/mol. The lowest BCUT2D eigenvalue weighted by Gasteiger charge is -2.27. The van der Waals surface area contributed by atoms with Crippen LogP contribution in [0.4, 0.5) is 5.82 Å². The average molecular weight is 444 g/mol. The normalized spacial score (nSPS) is 18.5. The number of aromatic amines is 1. The fraction of sp³-hybridized carbons (Fsp3) is 0.423. The van der Waals surface area contributed by atoms with Crippen molar-refractivity contribution in [3.63, 3.8) is 0 Å². The number of H-pyrrole nitrogens is 1. The molecule has 33 heavy (non-hydrogen) atoms. The van der Waals surface area contributed by atoms with Gasteiger partial charge in [0.25, 0.3) is 0 Å². The van der Waals surface area contributed by atoms with E-state index in [1.165, 1.54) is 19.3 Å². The van der Waals surface area contributed by atoms with Crippen LogP contribution >= 0.6 is 0 Å². The molecule has 2 fully saturated rings. The summed E-state index contributed by atoms with van der Waals surface area (Å²) >= 11 is 0. The van der Waals surface area contributed by atoms with Crippen molar-refractivity contribution in [2.75, 3.05) is 18.0 Å². The van der Waals surface area contributed by atoms with E-state index in [0.717, 1.165) is 77.5 Å². The summed E-state index contributed by atoms with van der Waals surface area (Å²) in [5, 5.41) is 9.96. The summed E-state index contributed by atoms with van der Waals surface area (Å²) in [6.45, 7) is 2.13. The molecule has 1 saturated carbocycles. The van der Waals surface area contributed by atoms with Crippen molar-refractivity contribution in [3.05, 3.63) is 53.0 Å². The molecule has 1 saturated heterocycles. The molecule has 1 aliphatic heterocycles. The molecule has 7 heteroatoms. The molecule has 0 bridgehead atoms. The number of fused-ring (bicyclic) bond motifs is 3. The summed E-state index contributed by atoms with van der Waals surface area (Å²) < 4.78 is 0. The number of carboxylic acid groups (broad SMARTS) is 1. The average Bonchev–Trinajstić information content (AvgIpc) is 3.44. The SMILES string of the molecule is NC1(Cc2[nH]c3c(c2C(=O)O)CCc2cnc(-c4ccc(N5CCCCC5)nc4)cc2-3)CC1. The van der Waals surface area contributed by atoms with Crippen LogP contribution < -0.4 is 10.6 Å². The molecule has 4 N–H and O–H groups in total. The first-order chi connectivity index (χ1) is 16.0. The van der Waals surface area contributed by atoms with Gasteiger partial charge in [-0.15, -0.1) is 0 Å². The molecule has 6 rings (SSSR count). The number of nitrogens with zero attached hydrogens (tertiary/aromatic N) is 3. The van der Waals surface area contributed by atoms with E-state index in [0.29, 0.717) is 18.4 Å². The molecule has 7 nitrogen and oxygen atoms in total. The van der Waals surface area contributed by atoms with Gasteiger partial charge < -0.3 is 20.7 Å². The number of piperidine rings is 1. The highest BCUT2D eigenvalue weighted by Crippen LogP contribution is 2.41. The third kappa shape index (κ3) is 3.70. The number of hydrogen-bond acceptors (Lipinski definition) is 5. The van der Waals surface area contributed by atoms with Crippen LogP contribution in [0.2, 0.25) is 0 Å². The predicted octanol–water partition coefficient (Wildman–Crippen LogP) is 3.96. The van der Waals surface area contributed by atoms with Crippen LogP contribution in [0.1, 0.15) is 59.3 Å². The van der Waals surface area contributed by atoms with Gasteiger partial charge in [-0.3, -0.25) is 4.98 Å². The monoisotopic (exact) mass is 443 g/mol. The van der Waals surface area contributed by atoms with Gasteiger partial charge in [0, 0.05) is 54.3 Å². The van der Waals surface area contributed by atoms with Crippen LogP contribution in [-0.4, -0.2) is 44.7 Å². The van der Waals surface area contributed by atoms with E-state index in [1.807, 2.05) is 12.4 Å². The third-order valence-electron chi connectivity index (χ3n) is 7.44. The summed E-state index contributed by atoms with van der Waals surface area (Å²) in [6.07, 6.45) is 11.5. The van der Waals surface area contributed by atoms with Gasteiger partial charge in [0.2, 0.25) is 0 Å². The lowest BCUT2D eigenvalue weighted by atomic mass is 9.88. The minimum Gasteiger partial charge on any atom is -0.478 e. The molecule has 170 valence electrons. The molecule has 3 aromatic heterocycles. The number of aromatic nitrogens is 3. The Labute approximate surface area is 193 Å². The van der Waals surface area contributed by atoms with Gasteiger partial charge >= 0.3 is 5.97 Å². The van der Waals surface area contributed by atoms with E-state index in [-0.39, 0.29) is 5.54 Å². The van der Waals surface area contributed by atoms with Gasteiger partial charge in [0.1, 0.15) is 5.82 Å². The molecule has 3 aliphatic rings. The van der Waals surface area contributed by atoms with Crippen molar-refractivity contribution < 1.29 is 9.90 Å². The highest BCUT2D eigenvalue weighted by Gasteiger charge is 2.40. The van der Waals surface area contributed by atoms with Crippen molar-refractivity contribution in [1.29, 1.82) is 0 Å². The molecular weight excluding hydrogens is 414 g/mol. The Balaban J connectivity index is 1.35. The fourth-order valence-electron chi connectivity index (χ4n) is 5.34. The number of carboxylic acids is 1. The second-order valence-corrected chi connectivity index (χ2v) is 9.86. The third-order valence-corrected chi connectivity index (χ3v) is 7.44. The van der Waals surface area contributed by atoms with Gasteiger partial charge in [-0.05, 0) is 74.3 Å². The Morgan fingerprint density at radius 2 is 1.94 bits per heavy atom. The van der Waals surface area contributed by atoms with E-state index in [2.05, 4.69) is 28.1 Å². The number of pyridine rings is 2. The summed E-state index contributed by atoms with van der Waals surface area (Å²) in [7, 11) is 0. The quantitative estimate of drug-likeness (QED) is 0.551. The molecule has 0 amide bonds. The molecular formula is C26H29N5O2. The van der Waals surface area contributed by atoms with Gasteiger partial charge in [-0.2, -0.15) is 0 Å². The maximum atomic E-state index is 12.1. The van der Waals surface area contributed by atoms with Gasteiger partial charge in [-0.25, -0.2) is 9.78 Å². The lowest BCUT2D eigenvalue weighted by Crippen LogP contribution is -2.29. The molecule has 0 aromatic carbocycles. The number of nitrogens with one attached hydrogen (secondary N) is 1. The summed E-state index contributed by atoms with van der Waals surface area (Å²) in [4.78, 5) is 27.4. The number of aromatic carboxylic acids is 1. The maximum absolute atomic E-state index is 12.1. The van der Waals surface area contributed by atoms with E-state index in [4.69, 9.17) is 15.7 Å². The minimum absolute atomic E-state index is 0.258.